The van der Waals surface area contributed by atoms with E-state index in [1.807, 2.05) is 0 Å². The van der Waals surface area contributed by atoms with Gasteiger partial charge in [-0.1, -0.05) is 12.1 Å². The zero-order chi connectivity index (χ0) is 18.4. The highest BCUT2D eigenvalue weighted by atomic mass is 16.5. The molecule has 0 aliphatic heterocycles. The molecule has 0 unspecified atom stereocenters. The topological polar surface area (TPSA) is 113 Å². The van der Waals surface area contributed by atoms with Gasteiger partial charge in [0.05, 0.1) is 23.9 Å². The highest BCUT2D eigenvalue weighted by Gasteiger charge is 2.09. The van der Waals surface area contributed by atoms with Gasteiger partial charge in [0, 0.05) is 6.08 Å². The predicted octanol–water partition coefficient (Wildman–Crippen LogP) is 2.53. The molecular formula is C18H15NO6. The van der Waals surface area contributed by atoms with Gasteiger partial charge in [0.15, 0.2) is 0 Å². The first-order chi connectivity index (χ1) is 11.9. The number of ether oxygens (including phenoxy) is 1. The van der Waals surface area contributed by atoms with Gasteiger partial charge in [-0.15, -0.1) is 0 Å². The molecule has 2 aromatic rings. The van der Waals surface area contributed by atoms with Crippen molar-refractivity contribution in [1.82, 2.24) is 0 Å². The van der Waals surface area contributed by atoms with Crippen LogP contribution in [0.1, 0.15) is 26.3 Å². The van der Waals surface area contributed by atoms with Crippen LogP contribution in [0.2, 0.25) is 0 Å². The van der Waals surface area contributed by atoms with Crippen molar-refractivity contribution >= 4 is 29.6 Å². The third-order valence-electron chi connectivity index (χ3n) is 3.26. The Morgan fingerprint density at radius 1 is 1.04 bits per heavy atom. The van der Waals surface area contributed by atoms with Gasteiger partial charge in [-0.2, -0.15) is 0 Å². The van der Waals surface area contributed by atoms with E-state index in [4.69, 9.17) is 5.11 Å². The van der Waals surface area contributed by atoms with Crippen LogP contribution in [0.4, 0.5) is 5.69 Å². The number of carboxylic acid groups (broad SMARTS) is 1. The van der Waals surface area contributed by atoms with Gasteiger partial charge in [-0.05, 0) is 42.0 Å². The van der Waals surface area contributed by atoms with E-state index in [1.54, 1.807) is 24.3 Å². The van der Waals surface area contributed by atoms with Crippen LogP contribution >= 0.6 is 0 Å². The van der Waals surface area contributed by atoms with Crippen LogP contribution in [0.5, 0.6) is 5.75 Å². The standard InChI is InChI=1S/C18H15NO6/c1-25-18(24)12-5-2-11(3-6-12)4-9-16(21)19-14-8-7-13(17(22)23)10-15(14)20/h2-10,20H,1H3,(H,19,21)(H,22,23)/b9-4+. The van der Waals surface area contributed by atoms with E-state index in [1.165, 1.54) is 31.4 Å². The Balaban J connectivity index is 2.03. The van der Waals surface area contributed by atoms with Gasteiger partial charge in [-0.3, -0.25) is 4.79 Å². The van der Waals surface area contributed by atoms with Crippen LogP contribution in [0.15, 0.2) is 48.5 Å². The average molecular weight is 341 g/mol. The summed E-state index contributed by atoms with van der Waals surface area (Å²) in [6.45, 7) is 0. The maximum atomic E-state index is 11.9. The number of phenols is 1. The number of anilines is 1. The van der Waals surface area contributed by atoms with E-state index >= 15 is 0 Å². The SMILES string of the molecule is COC(=O)c1ccc(/C=C/C(=O)Nc2ccc(C(=O)O)cc2O)cc1. The number of carboxylic acids is 1. The van der Waals surface area contributed by atoms with Crippen molar-refractivity contribution in [2.45, 2.75) is 0 Å². The average Bonchev–Trinajstić information content (AvgIpc) is 2.61. The Morgan fingerprint density at radius 2 is 1.68 bits per heavy atom. The first-order valence-electron chi connectivity index (χ1n) is 7.14. The van der Waals surface area contributed by atoms with Crippen LogP contribution < -0.4 is 5.32 Å². The van der Waals surface area contributed by atoms with Crippen molar-refractivity contribution in [3.05, 3.63) is 65.2 Å². The molecule has 0 spiro atoms. The van der Waals surface area contributed by atoms with E-state index < -0.39 is 17.8 Å². The molecule has 0 aliphatic carbocycles. The Labute approximate surface area is 143 Å². The molecule has 0 saturated heterocycles. The zero-order valence-corrected chi connectivity index (χ0v) is 13.2. The fourth-order valence-electron chi connectivity index (χ4n) is 1.96. The van der Waals surface area contributed by atoms with Crippen molar-refractivity contribution in [2.75, 3.05) is 12.4 Å². The number of carbonyl (C=O) groups is 3. The molecule has 1 amide bonds. The van der Waals surface area contributed by atoms with Crippen molar-refractivity contribution in [2.24, 2.45) is 0 Å². The Hall–Kier alpha value is -3.61. The van der Waals surface area contributed by atoms with E-state index in [-0.39, 0.29) is 17.0 Å². The molecule has 0 saturated carbocycles. The third kappa shape index (κ3) is 4.68. The fourth-order valence-corrected chi connectivity index (χ4v) is 1.96. The second-order valence-corrected chi connectivity index (χ2v) is 4.97. The van der Waals surface area contributed by atoms with Crippen LogP contribution in [0.25, 0.3) is 6.08 Å². The highest BCUT2D eigenvalue weighted by Crippen LogP contribution is 2.24. The number of aromatic hydroxyl groups is 1. The molecule has 2 aromatic carbocycles. The number of carbonyl (C=O) groups excluding carboxylic acids is 2. The first-order valence-corrected chi connectivity index (χ1v) is 7.14. The summed E-state index contributed by atoms with van der Waals surface area (Å²) in [6.07, 6.45) is 2.77. The summed E-state index contributed by atoms with van der Waals surface area (Å²) in [5.74, 6) is -2.48. The number of benzene rings is 2. The summed E-state index contributed by atoms with van der Waals surface area (Å²) in [6, 6.07) is 10.1. The molecular weight excluding hydrogens is 326 g/mol. The van der Waals surface area contributed by atoms with Gasteiger partial charge >= 0.3 is 11.9 Å². The van der Waals surface area contributed by atoms with Crippen LogP contribution in [0.3, 0.4) is 0 Å². The summed E-state index contributed by atoms with van der Waals surface area (Å²) in [4.78, 5) is 34.0. The van der Waals surface area contributed by atoms with Crippen molar-refractivity contribution in [3.8, 4) is 5.75 Å². The molecule has 0 aromatic heterocycles. The zero-order valence-electron chi connectivity index (χ0n) is 13.2. The molecule has 0 atom stereocenters. The lowest BCUT2D eigenvalue weighted by molar-refractivity contribution is -0.111. The lowest BCUT2D eigenvalue weighted by Crippen LogP contribution is -2.08. The molecule has 25 heavy (non-hydrogen) atoms. The van der Waals surface area contributed by atoms with Gasteiger partial charge < -0.3 is 20.3 Å². The quantitative estimate of drug-likeness (QED) is 0.437. The molecule has 7 nitrogen and oxygen atoms in total. The smallest absolute Gasteiger partial charge is 0.337 e. The van der Waals surface area contributed by atoms with Crippen molar-refractivity contribution in [1.29, 1.82) is 0 Å². The number of esters is 1. The van der Waals surface area contributed by atoms with Gasteiger partial charge in [0.2, 0.25) is 5.91 Å². The molecule has 0 radical (unpaired) electrons. The number of rotatable bonds is 5. The maximum Gasteiger partial charge on any atom is 0.337 e. The minimum Gasteiger partial charge on any atom is -0.506 e. The van der Waals surface area contributed by atoms with Gasteiger partial charge in [0.1, 0.15) is 5.75 Å². The minimum absolute atomic E-state index is 0.0864. The minimum atomic E-state index is -1.18. The van der Waals surface area contributed by atoms with E-state index in [0.29, 0.717) is 11.1 Å². The molecule has 0 bridgehead atoms. The summed E-state index contributed by atoms with van der Waals surface area (Å²) in [5, 5.41) is 21.0. The number of hydrogen-bond donors (Lipinski definition) is 3. The second-order valence-electron chi connectivity index (χ2n) is 4.97. The monoisotopic (exact) mass is 341 g/mol. The lowest BCUT2D eigenvalue weighted by Gasteiger charge is -2.06. The molecule has 0 fully saturated rings. The number of amides is 1. The van der Waals surface area contributed by atoms with Crippen molar-refractivity contribution < 1.29 is 29.3 Å². The second kappa shape index (κ2) is 7.78. The van der Waals surface area contributed by atoms with Crippen LogP contribution in [0, 0.1) is 0 Å². The number of phenolic OH excluding ortho intramolecular Hbond substituents is 1. The van der Waals surface area contributed by atoms with E-state index in [9.17, 15) is 19.5 Å². The molecule has 3 N–H and O–H groups in total. The first kappa shape index (κ1) is 17.7. The number of aromatic carboxylic acids is 1. The number of hydrogen-bond acceptors (Lipinski definition) is 5. The summed E-state index contributed by atoms with van der Waals surface area (Å²) in [7, 11) is 1.29. The summed E-state index contributed by atoms with van der Waals surface area (Å²) < 4.78 is 4.59. The summed E-state index contributed by atoms with van der Waals surface area (Å²) >= 11 is 0. The summed E-state index contributed by atoms with van der Waals surface area (Å²) in [5.41, 5.74) is 1.10. The molecule has 7 heteroatoms. The van der Waals surface area contributed by atoms with Crippen LogP contribution in [-0.4, -0.2) is 35.2 Å². The molecule has 128 valence electrons. The fraction of sp³-hybridized carbons (Fsp3) is 0.0556. The van der Waals surface area contributed by atoms with Gasteiger partial charge in [0.25, 0.3) is 0 Å². The molecule has 0 heterocycles. The number of methoxy groups -OCH3 is 1. The normalized spacial score (nSPS) is 10.4. The number of nitrogens with one attached hydrogen (secondary N) is 1. The van der Waals surface area contributed by atoms with E-state index in [0.717, 1.165) is 6.07 Å². The Kier molecular flexibility index (Phi) is 5.52. The predicted molar refractivity (Wildman–Crippen MR) is 90.5 cm³/mol. The van der Waals surface area contributed by atoms with Gasteiger partial charge in [-0.25, -0.2) is 9.59 Å². The Bertz CT molecular complexity index is 839. The van der Waals surface area contributed by atoms with Crippen molar-refractivity contribution in [3.63, 3.8) is 0 Å². The third-order valence-corrected chi connectivity index (χ3v) is 3.26. The lowest BCUT2D eigenvalue weighted by atomic mass is 10.1. The largest absolute Gasteiger partial charge is 0.506 e. The van der Waals surface area contributed by atoms with E-state index in [2.05, 4.69) is 10.1 Å². The maximum absolute atomic E-state index is 11.9. The Morgan fingerprint density at radius 3 is 2.24 bits per heavy atom. The van der Waals surface area contributed by atoms with Crippen LogP contribution in [-0.2, 0) is 9.53 Å². The molecule has 2 rings (SSSR count). The highest BCUT2D eigenvalue weighted by molar-refractivity contribution is 6.03. The molecule has 0 aliphatic rings.